The first-order valence-electron chi connectivity index (χ1n) is 8.10. The average molecular weight is 546 g/mol. The number of alkyl halides is 14. The van der Waals surface area contributed by atoms with Crippen molar-refractivity contribution in [2.24, 2.45) is 0 Å². The number of carbonyl (C=O) groups is 2. The zero-order valence-electron chi connectivity index (χ0n) is 15.9. The van der Waals surface area contributed by atoms with Crippen molar-refractivity contribution in [3.8, 4) is 0 Å². The molecule has 0 bridgehead atoms. The molecule has 35 heavy (non-hydrogen) atoms. The molecule has 2 N–H and O–H groups in total. The smallest absolute Gasteiger partial charge is 0.443 e. The molecule has 1 saturated heterocycles. The van der Waals surface area contributed by atoms with Gasteiger partial charge >= 0.3 is 48.2 Å². The fraction of sp³-hybridized carbons (Fsp3) is 0.467. The maximum atomic E-state index is 14.6. The van der Waals surface area contributed by atoms with Gasteiger partial charge in [0.25, 0.3) is 5.91 Å². The van der Waals surface area contributed by atoms with Gasteiger partial charge in [0.1, 0.15) is 0 Å². The normalized spacial score (nSPS) is 24.1. The van der Waals surface area contributed by atoms with Crippen molar-refractivity contribution in [2.45, 2.75) is 42.2 Å². The van der Waals surface area contributed by atoms with Crippen LogP contribution in [0.1, 0.15) is 0 Å². The van der Waals surface area contributed by atoms with Gasteiger partial charge in [-0.1, -0.05) is 18.2 Å². The van der Waals surface area contributed by atoms with Gasteiger partial charge in [0, 0.05) is 12.3 Å². The van der Waals surface area contributed by atoms with Gasteiger partial charge in [0.05, 0.1) is 0 Å². The highest BCUT2D eigenvalue weighted by atomic mass is 19.4. The van der Waals surface area contributed by atoms with Crippen molar-refractivity contribution in [1.82, 2.24) is 10.2 Å². The van der Waals surface area contributed by atoms with Crippen LogP contribution in [0.5, 0.6) is 0 Å². The van der Waals surface area contributed by atoms with Crippen LogP contribution in [-0.2, 0) is 14.3 Å². The van der Waals surface area contributed by atoms with Crippen LogP contribution < -0.4 is 5.32 Å². The zero-order chi connectivity index (χ0) is 27.9. The minimum Gasteiger partial charge on any atom is -0.478 e. The van der Waals surface area contributed by atoms with Crippen molar-refractivity contribution in [2.75, 3.05) is 0 Å². The molecule has 1 atom stereocenters. The number of morpholine rings is 1. The molecule has 6 nitrogen and oxygen atoms in total. The summed E-state index contributed by atoms with van der Waals surface area (Å²) in [6, 6.07) is -15.1. The Balaban J connectivity index is 3.59. The van der Waals surface area contributed by atoms with E-state index < -0.39 is 59.0 Å². The van der Waals surface area contributed by atoms with Crippen LogP contribution in [0.3, 0.4) is 0 Å². The van der Waals surface area contributed by atoms with Crippen LogP contribution in [0.2, 0.25) is 0 Å². The number of carboxylic acids is 1. The van der Waals surface area contributed by atoms with E-state index in [0.29, 0.717) is 23.5 Å². The van der Waals surface area contributed by atoms with Gasteiger partial charge in [-0.05, 0) is 6.08 Å². The highest BCUT2D eigenvalue weighted by Gasteiger charge is 2.94. The third-order valence-electron chi connectivity index (χ3n) is 3.79. The van der Waals surface area contributed by atoms with Gasteiger partial charge in [-0.2, -0.15) is 57.1 Å². The first-order valence-corrected chi connectivity index (χ1v) is 8.10. The SMILES string of the molecule is O=C(O)C=C/C=C/C=C/NC(=O)C(F)(F)C(F)(N1C(F)(F)C(F)(F)OC(F)(F)C1(F)F)C(F)(F)F. The first-order chi connectivity index (χ1) is 15.4. The number of amides is 1. The summed E-state index contributed by atoms with van der Waals surface area (Å²) >= 11 is 0. The molecule has 1 aliphatic rings. The molecule has 1 heterocycles. The van der Waals surface area contributed by atoms with E-state index in [1.807, 2.05) is 0 Å². The fourth-order valence-corrected chi connectivity index (χ4v) is 2.24. The monoisotopic (exact) mass is 546 g/mol. The van der Waals surface area contributed by atoms with Crippen LogP contribution in [0.4, 0.5) is 61.5 Å². The Hall–Kier alpha value is -2.90. The lowest BCUT2D eigenvalue weighted by molar-refractivity contribution is -0.593. The standard InChI is InChI=1S/C15H8F14N2O4/c16-9(17,8(34)30-6-4-2-1-3-5-7(32)33)10(18,11(19,20)21)31-12(22,23)14(26,27)35-15(28,29)13(31,24)25/h1-6H,(H,30,34)(H,32,33)/b2-1+,5-3?,6-4+. The second-order valence-corrected chi connectivity index (χ2v) is 6.16. The largest absolute Gasteiger partial charge is 0.478 e. The molecule has 0 aromatic rings. The fourth-order valence-electron chi connectivity index (χ4n) is 2.24. The molecule has 0 spiro atoms. The van der Waals surface area contributed by atoms with E-state index in [-0.39, 0.29) is 6.20 Å². The number of halogens is 14. The molecule has 1 rings (SSSR count). The summed E-state index contributed by atoms with van der Waals surface area (Å²) in [5, 5.41) is 8.86. The van der Waals surface area contributed by atoms with Crippen LogP contribution in [-0.4, -0.2) is 64.1 Å². The summed E-state index contributed by atoms with van der Waals surface area (Å²) in [6.07, 6.45) is -19.0. The molecule has 20 heteroatoms. The molecule has 1 amide bonds. The Bertz CT molecular complexity index is 901. The lowest BCUT2D eigenvalue weighted by atomic mass is 10.0. The molecular weight excluding hydrogens is 538 g/mol. The molecule has 0 radical (unpaired) electrons. The topological polar surface area (TPSA) is 78.9 Å². The van der Waals surface area contributed by atoms with Crippen LogP contribution in [0.25, 0.3) is 0 Å². The van der Waals surface area contributed by atoms with Gasteiger partial charge < -0.3 is 10.4 Å². The number of carbonyl (C=O) groups excluding carboxylic acids is 1. The Labute approximate surface area is 183 Å². The summed E-state index contributed by atoms with van der Waals surface area (Å²) in [5.41, 5.74) is 0. The number of hydrogen-bond acceptors (Lipinski definition) is 4. The van der Waals surface area contributed by atoms with E-state index in [4.69, 9.17) is 5.11 Å². The molecule has 1 aliphatic heterocycles. The Morgan fingerprint density at radius 2 is 1.20 bits per heavy atom. The summed E-state index contributed by atoms with van der Waals surface area (Å²) in [5.74, 6) is -20.3. The molecule has 1 fully saturated rings. The van der Waals surface area contributed by atoms with Crippen molar-refractivity contribution in [3.63, 3.8) is 0 Å². The predicted octanol–water partition coefficient (Wildman–Crippen LogP) is 4.38. The summed E-state index contributed by atoms with van der Waals surface area (Å²) in [7, 11) is 0. The Kier molecular flexibility index (Phi) is 7.71. The molecular formula is C15H8F14N2O4. The number of ether oxygens (including phenoxy) is 1. The summed E-state index contributed by atoms with van der Waals surface area (Å²) < 4.78 is 192. The van der Waals surface area contributed by atoms with Crippen LogP contribution in [0, 0.1) is 0 Å². The number of nitrogens with zero attached hydrogens (tertiary/aromatic N) is 1. The highest BCUT2D eigenvalue weighted by Crippen LogP contribution is 2.63. The summed E-state index contributed by atoms with van der Waals surface area (Å²) in [6.45, 7) is 0. The maximum Gasteiger partial charge on any atom is 0.443 e. The number of nitrogens with one attached hydrogen (secondary N) is 1. The van der Waals surface area contributed by atoms with E-state index in [9.17, 15) is 71.1 Å². The van der Waals surface area contributed by atoms with Crippen molar-refractivity contribution in [1.29, 1.82) is 0 Å². The zero-order valence-corrected chi connectivity index (χ0v) is 15.9. The lowest BCUT2D eigenvalue weighted by Crippen LogP contribution is -2.84. The van der Waals surface area contributed by atoms with Crippen LogP contribution in [0.15, 0.2) is 36.6 Å². The number of rotatable bonds is 7. The van der Waals surface area contributed by atoms with Gasteiger partial charge in [-0.15, -0.1) is 4.90 Å². The number of carboxylic acid groups (broad SMARTS) is 1. The molecule has 0 aliphatic carbocycles. The lowest BCUT2D eigenvalue weighted by Gasteiger charge is -2.52. The van der Waals surface area contributed by atoms with Crippen molar-refractivity contribution in [3.05, 3.63) is 36.6 Å². The third-order valence-corrected chi connectivity index (χ3v) is 3.79. The summed E-state index contributed by atoms with van der Waals surface area (Å²) in [4.78, 5) is 17.4. The minimum atomic E-state index is -7.89. The van der Waals surface area contributed by atoms with E-state index in [2.05, 4.69) is 0 Å². The third kappa shape index (κ3) is 4.93. The molecule has 1 unspecified atom stereocenters. The minimum absolute atomic E-state index is 0.0864. The quantitative estimate of drug-likeness (QED) is 0.215. The van der Waals surface area contributed by atoms with E-state index in [1.165, 1.54) is 0 Å². The average Bonchev–Trinajstić information content (AvgIpc) is 2.63. The molecule has 200 valence electrons. The predicted molar refractivity (Wildman–Crippen MR) is 80.8 cm³/mol. The van der Waals surface area contributed by atoms with Gasteiger partial charge in [0.2, 0.25) is 0 Å². The second-order valence-electron chi connectivity index (χ2n) is 6.16. The van der Waals surface area contributed by atoms with E-state index in [0.717, 1.165) is 12.2 Å². The maximum absolute atomic E-state index is 14.6. The van der Waals surface area contributed by atoms with E-state index in [1.54, 1.807) is 4.74 Å². The van der Waals surface area contributed by atoms with Crippen molar-refractivity contribution < 1.29 is 80.9 Å². The molecule has 0 aromatic carbocycles. The second kappa shape index (κ2) is 8.95. The van der Waals surface area contributed by atoms with Gasteiger partial charge in [-0.3, -0.25) is 4.79 Å². The van der Waals surface area contributed by atoms with Gasteiger partial charge in [-0.25, -0.2) is 13.9 Å². The van der Waals surface area contributed by atoms with Crippen LogP contribution >= 0.6 is 0 Å². The Morgan fingerprint density at radius 3 is 1.60 bits per heavy atom. The Morgan fingerprint density at radius 1 is 0.771 bits per heavy atom. The molecule has 0 saturated carbocycles. The molecule has 0 aromatic heterocycles. The first kappa shape index (κ1) is 30.1. The van der Waals surface area contributed by atoms with Gasteiger partial charge in [0.15, 0.2) is 0 Å². The van der Waals surface area contributed by atoms with Crippen molar-refractivity contribution >= 4 is 11.9 Å². The van der Waals surface area contributed by atoms with E-state index >= 15 is 0 Å². The number of hydrogen-bond donors (Lipinski definition) is 2. The highest BCUT2D eigenvalue weighted by molar-refractivity contribution is 5.86. The number of aliphatic carboxylic acids is 1. The number of allylic oxidation sites excluding steroid dienone is 4.